The fraction of sp³-hybridized carbons (Fsp3) is 0.250. The predicted octanol–water partition coefficient (Wildman–Crippen LogP) is 2.05. The number of aromatic nitrogens is 2. The number of oxime groups is 1. The Kier molecular flexibility index (Phi) is 4.40. The van der Waals surface area contributed by atoms with E-state index in [9.17, 15) is 4.79 Å². The Labute approximate surface area is 113 Å². The van der Waals surface area contributed by atoms with Gasteiger partial charge in [-0.25, -0.2) is 9.78 Å². The molecular formula is C12H13N3O3S. The molecule has 19 heavy (non-hydrogen) atoms. The number of aromatic amines is 1. The summed E-state index contributed by atoms with van der Waals surface area (Å²) >= 11 is 1.27. The topological polar surface area (TPSA) is 87.6 Å². The smallest absolute Gasteiger partial charge is 0.356 e. The number of nitrogens with zero attached hydrogens (tertiary/aromatic N) is 2. The van der Waals surface area contributed by atoms with E-state index in [2.05, 4.69) is 15.1 Å². The van der Waals surface area contributed by atoms with Crippen LogP contribution < -0.4 is 0 Å². The van der Waals surface area contributed by atoms with E-state index in [0.717, 1.165) is 11.0 Å². The normalized spacial score (nSPS) is 11.7. The lowest BCUT2D eigenvalue weighted by molar-refractivity contribution is -0.135. The first-order valence-corrected chi connectivity index (χ1v) is 6.68. The third-order valence-electron chi connectivity index (χ3n) is 2.35. The number of para-hydroxylation sites is 2. The van der Waals surface area contributed by atoms with Crippen LogP contribution in [0.25, 0.3) is 11.0 Å². The van der Waals surface area contributed by atoms with E-state index in [1.807, 2.05) is 24.3 Å². The fourth-order valence-corrected chi connectivity index (χ4v) is 2.27. The summed E-state index contributed by atoms with van der Waals surface area (Å²) in [4.78, 5) is 18.9. The predicted molar refractivity (Wildman–Crippen MR) is 72.7 cm³/mol. The average molecular weight is 279 g/mol. The quantitative estimate of drug-likeness (QED) is 0.287. The minimum absolute atomic E-state index is 0.0349. The maximum Gasteiger partial charge on any atom is 0.356 e. The highest BCUT2D eigenvalue weighted by Gasteiger charge is 2.15. The Hall–Kier alpha value is -2.02. The summed E-state index contributed by atoms with van der Waals surface area (Å²) in [5.74, 6) is -0.427. The molecule has 0 radical (unpaired) electrons. The number of fused-ring (bicyclic) bond motifs is 1. The number of hydrogen-bond acceptors (Lipinski definition) is 6. The van der Waals surface area contributed by atoms with Crippen LogP contribution in [-0.4, -0.2) is 39.2 Å². The van der Waals surface area contributed by atoms with Crippen LogP contribution in [0.5, 0.6) is 0 Å². The van der Waals surface area contributed by atoms with E-state index in [1.165, 1.54) is 11.8 Å². The van der Waals surface area contributed by atoms with Gasteiger partial charge in [-0.2, -0.15) is 0 Å². The van der Waals surface area contributed by atoms with Crippen molar-refractivity contribution in [3.63, 3.8) is 0 Å². The fourth-order valence-electron chi connectivity index (χ4n) is 1.48. The molecule has 0 spiro atoms. The molecule has 1 aromatic heterocycles. The average Bonchev–Trinajstić information content (AvgIpc) is 2.82. The number of esters is 1. The molecule has 2 aromatic rings. The van der Waals surface area contributed by atoms with Gasteiger partial charge in [-0.15, -0.1) is 0 Å². The van der Waals surface area contributed by atoms with Crippen LogP contribution >= 0.6 is 11.8 Å². The summed E-state index contributed by atoms with van der Waals surface area (Å²) in [6, 6.07) is 7.62. The second kappa shape index (κ2) is 6.24. The van der Waals surface area contributed by atoms with Crippen molar-refractivity contribution in [2.75, 3.05) is 12.4 Å². The number of imidazole rings is 1. The number of H-pyrrole nitrogens is 1. The van der Waals surface area contributed by atoms with Crippen LogP contribution in [0.4, 0.5) is 0 Å². The molecule has 100 valence electrons. The van der Waals surface area contributed by atoms with Crippen molar-refractivity contribution < 1.29 is 14.7 Å². The molecule has 0 unspecified atom stereocenters. The lowest BCUT2D eigenvalue weighted by Gasteiger charge is -2.02. The van der Waals surface area contributed by atoms with Gasteiger partial charge in [0.05, 0.1) is 23.4 Å². The Bertz CT molecular complexity index is 576. The molecular weight excluding hydrogens is 266 g/mol. The molecule has 2 rings (SSSR count). The van der Waals surface area contributed by atoms with Crippen LogP contribution in [0.1, 0.15) is 6.92 Å². The number of benzene rings is 1. The molecule has 0 fully saturated rings. The van der Waals surface area contributed by atoms with E-state index in [1.54, 1.807) is 6.92 Å². The molecule has 0 atom stereocenters. The Balaban J connectivity index is 2.03. The minimum Gasteiger partial charge on any atom is -0.461 e. The molecule has 0 saturated heterocycles. The van der Waals surface area contributed by atoms with Gasteiger partial charge in [0.1, 0.15) is 0 Å². The summed E-state index contributed by atoms with van der Waals surface area (Å²) in [6.07, 6.45) is 0. The number of carbonyl (C=O) groups excluding carboxylic acids is 1. The van der Waals surface area contributed by atoms with Gasteiger partial charge in [-0.05, 0) is 19.1 Å². The van der Waals surface area contributed by atoms with Crippen molar-refractivity contribution in [2.24, 2.45) is 5.16 Å². The number of nitrogens with one attached hydrogen (secondary N) is 1. The number of ether oxygens (including phenoxy) is 1. The molecule has 6 nitrogen and oxygen atoms in total. The molecule has 2 N–H and O–H groups in total. The van der Waals surface area contributed by atoms with Crippen molar-refractivity contribution in [3.05, 3.63) is 24.3 Å². The molecule has 0 aliphatic carbocycles. The van der Waals surface area contributed by atoms with Crippen LogP contribution in [0.2, 0.25) is 0 Å². The summed E-state index contributed by atoms with van der Waals surface area (Å²) in [5.41, 5.74) is 1.74. The molecule has 7 heteroatoms. The zero-order chi connectivity index (χ0) is 13.7. The zero-order valence-corrected chi connectivity index (χ0v) is 11.1. The van der Waals surface area contributed by atoms with Crippen molar-refractivity contribution in [1.29, 1.82) is 0 Å². The summed E-state index contributed by atoms with van der Waals surface area (Å²) in [5, 5.41) is 12.4. The monoisotopic (exact) mass is 279 g/mol. The first-order valence-electron chi connectivity index (χ1n) is 5.70. The molecule has 0 bridgehead atoms. The summed E-state index contributed by atoms with van der Waals surface area (Å²) in [7, 11) is 0. The molecule has 1 aromatic carbocycles. The number of hydrogen-bond donors (Lipinski definition) is 2. The molecule has 0 aliphatic heterocycles. The van der Waals surface area contributed by atoms with E-state index in [4.69, 9.17) is 9.94 Å². The van der Waals surface area contributed by atoms with Gasteiger partial charge in [-0.3, -0.25) is 0 Å². The number of thioether (sulfide) groups is 1. The minimum atomic E-state index is -0.617. The highest BCUT2D eigenvalue weighted by atomic mass is 32.2. The standard InChI is InChI=1S/C12H13N3O3S/c1-2-18-11(16)10(15-17)7-19-12-13-8-5-3-4-6-9(8)14-12/h3-6,17H,2,7H2,1H3,(H,13,14)/b15-10-. The molecule has 0 aliphatic rings. The molecule has 1 heterocycles. The van der Waals surface area contributed by atoms with Gasteiger partial charge in [0.25, 0.3) is 0 Å². The second-order valence-corrected chi connectivity index (χ2v) is 4.58. The van der Waals surface area contributed by atoms with Crippen LogP contribution in [0.15, 0.2) is 34.6 Å². The lowest BCUT2D eigenvalue weighted by atomic mass is 10.3. The van der Waals surface area contributed by atoms with Gasteiger partial charge >= 0.3 is 5.97 Å². The van der Waals surface area contributed by atoms with Crippen LogP contribution in [-0.2, 0) is 9.53 Å². The molecule has 0 saturated carbocycles. The Morgan fingerprint density at radius 1 is 1.53 bits per heavy atom. The zero-order valence-electron chi connectivity index (χ0n) is 10.3. The third-order valence-corrected chi connectivity index (χ3v) is 3.23. The Morgan fingerprint density at radius 3 is 3.00 bits per heavy atom. The first-order chi connectivity index (χ1) is 9.24. The summed E-state index contributed by atoms with van der Waals surface area (Å²) in [6.45, 7) is 1.94. The van der Waals surface area contributed by atoms with Crippen molar-refractivity contribution >= 4 is 34.5 Å². The van der Waals surface area contributed by atoms with E-state index in [0.29, 0.717) is 5.16 Å². The van der Waals surface area contributed by atoms with E-state index >= 15 is 0 Å². The van der Waals surface area contributed by atoms with Gasteiger partial charge < -0.3 is 14.9 Å². The Morgan fingerprint density at radius 2 is 2.32 bits per heavy atom. The molecule has 0 amide bonds. The van der Waals surface area contributed by atoms with Gasteiger partial charge in [0, 0.05) is 0 Å². The SMILES string of the molecule is CCOC(=O)/C(CSc1nc2ccccc2[nH]1)=N\O. The number of rotatable bonds is 5. The van der Waals surface area contributed by atoms with E-state index < -0.39 is 5.97 Å². The van der Waals surface area contributed by atoms with Crippen LogP contribution in [0, 0.1) is 0 Å². The lowest BCUT2D eigenvalue weighted by Crippen LogP contribution is -2.19. The highest BCUT2D eigenvalue weighted by molar-refractivity contribution is 7.99. The number of carbonyl (C=O) groups is 1. The summed E-state index contributed by atoms with van der Waals surface area (Å²) < 4.78 is 4.77. The largest absolute Gasteiger partial charge is 0.461 e. The maximum atomic E-state index is 11.4. The van der Waals surface area contributed by atoms with Crippen LogP contribution in [0.3, 0.4) is 0 Å². The van der Waals surface area contributed by atoms with E-state index in [-0.39, 0.29) is 18.1 Å². The van der Waals surface area contributed by atoms with Crippen molar-refractivity contribution in [3.8, 4) is 0 Å². The van der Waals surface area contributed by atoms with Gasteiger partial charge in [0.15, 0.2) is 10.9 Å². The van der Waals surface area contributed by atoms with Crippen molar-refractivity contribution in [2.45, 2.75) is 12.1 Å². The first kappa shape index (κ1) is 13.4. The second-order valence-electron chi connectivity index (χ2n) is 3.61. The van der Waals surface area contributed by atoms with Crippen molar-refractivity contribution in [1.82, 2.24) is 9.97 Å². The highest BCUT2D eigenvalue weighted by Crippen LogP contribution is 2.19. The third kappa shape index (κ3) is 3.25. The van der Waals surface area contributed by atoms with Gasteiger partial charge in [-0.1, -0.05) is 29.1 Å². The van der Waals surface area contributed by atoms with Gasteiger partial charge in [0.2, 0.25) is 0 Å². The maximum absolute atomic E-state index is 11.4.